The van der Waals surface area contributed by atoms with Gasteiger partial charge in [-0.2, -0.15) is 0 Å². The molecule has 1 aromatic heterocycles. The lowest BCUT2D eigenvalue weighted by Crippen LogP contribution is -2.46. The zero-order chi connectivity index (χ0) is 13.5. The number of likely N-dealkylation sites (tertiary alicyclic amines) is 1. The van der Waals surface area contributed by atoms with E-state index in [9.17, 15) is 9.59 Å². The molecule has 0 bridgehead atoms. The molecule has 19 heavy (non-hydrogen) atoms. The summed E-state index contributed by atoms with van der Waals surface area (Å²) in [6.45, 7) is 1.86. The Hall–Kier alpha value is -1.20. The van der Waals surface area contributed by atoms with Crippen molar-refractivity contribution in [1.82, 2.24) is 10.2 Å². The summed E-state index contributed by atoms with van der Waals surface area (Å²) >= 11 is 1.71. The summed E-state index contributed by atoms with van der Waals surface area (Å²) in [5, 5.41) is 4.96. The Labute approximate surface area is 117 Å². The van der Waals surface area contributed by atoms with Crippen molar-refractivity contribution >= 4 is 23.5 Å². The highest BCUT2D eigenvalue weighted by Gasteiger charge is 2.23. The van der Waals surface area contributed by atoms with Gasteiger partial charge in [0.1, 0.15) is 6.29 Å². The average Bonchev–Trinajstić information content (AvgIpc) is 2.92. The molecule has 2 heterocycles. The molecule has 1 amide bonds. The topological polar surface area (TPSA) is 49.4 Å². The highest BCUT2D eigenvalue weighted by atomic mass is 32.1. The van der Waals surface area contributed by atoms with Crippen molar-refractivity contribution in [1.29, 1.82) is 0 Å². The van der Waals surface area contributed by atoms with E-state index >= 15 is 0 Å². The maximum Gasteiger partial charge on any atom is 0.234 e. The third kappa shape index (κ3) is 4.44. The minimum atomic E-state index is -0.0724. The predicted octanol–water partition coefficient (Wildman–Crippen LogP) is 1.46. The monoisotopic (exact) mass is 280 g/mol. The molecule has 1 saturated heterocycles. The van der Waals surface area contributed by atoms with Crippen molar-refractivity contribution in [3.63, 3.8) is 0 Å². The van der Waals surface area contributed by atoms with Gasteiger partial charge in [0.05, 0.1) is 12.6 Å². The molecule has 0 aromatic carbocycles. The summed E-state index contributed by atoms with van der Waals surface area (Å²) in [5.41, 5.74) is 0. The lowest BCUT2D eigenvalue weighted by molar-refractivity contribution is -0.124. The zero-order valence-electron chi connectivity index (χ0n) is 11.0. The van der Waals surface area contributed by atoms with Crippen LogP contribution in [-0.2, 0) is 16.0 Å². The molecule has 5 heteroatoms. The van der Waals surface area contributed by atoms with Crippen molar-refractivity contribution in [2.24, 2.45) is 0 Å². The maximum atomic E-state index is 11.8. The van der Waals surface area contributed by atoms with E-state index in [-0.39, 0.29) is 11.9 Å². The van der Waals surface area contributed by atoms with Crippen LogP contribution in [0.15, 0.2) is 17.5 Å². The number of hydrogen-bond acceptors (Lipinski definition) is 4. The first kappa shape index (κ1) is 14.2. The number of rotatable bonds is 6. The van der Waals surface area contributed by atoms with Gasteiger partial charge in [-0.05, 0) is 37.3 Å². The van der Waals surface area contributed by atoms with Gasteiger partial charge in [0.25, 0.3) is 0 Å². The van der Waals surface area contributed by atoms with E-state index in [1.54, 1.807) is 11.3 Å². The molecule has 1 aliphatic rings. The van der Waals surface area contributed by atoms with E-state index < -0.39 is 0 Å². The number of carbonyl (C=O) groups is 2. The molecule has 1 aromatic rings. The van der Waals surface area contributed by atoms with E-state index in [0.717, 1.165) is 38.5 Å². The van der Waals surface area contributed by atoms with Crippen LogP contribution in [0.5, 0.6) is 0 Å². The van der Waals surface area contributed by atoms with E-state index in [4.69, 9.17) is 0 Å². The highest BCUT2D eigenvalue weighted by molar-refractivity contribution is 7.09. The highest BCUT2D eigenvalue weighted by Crippen LogP contribution is 2.14. The molecule has 1 N–H and O–H groups in total. The molecule has 0 aliphatic carbocycles. The normalized spacial score (nSPS) is 20.1. The number of thiophene rings is 1. The van der Waals surface area contributed by atoms with Gasteiger partial charge in [0.15, 0.2) is 0 Å². The molecular weight excluding hydrogens is 260 g/mol. The van der Waals surface area contributed by atoms with E-state index in [1.807, 2.05) is 16.3 Å². The lowest BCUT2D eigenvalue weighted by atomic mass is 10.0. The standard InChI is InChI=1S/C14H20N2O2S/c17-11-12-4-1-2-8-16(12)10-14(18)15-7-6-13-5-3-9-19-13/h3,5,9,11-12H,1-2,4,6-8,10H2,(H,15,18). The van der Waals surface area contributed by atoms with Crippen LogP contribution in [0.4, 0.5) is 0 Å². The number of hydrogen-bond donors (Lipinski definition) is 1. The molecule has 4 nitrogen and oxygen atoms in total. The van der Waals surface area contributed by atoms with Crippen LogP contribution in [0.25, 0.3) is 0 Å². The lowest BCUT2D eigenvalue weighted by Gasteiger charge is -2.31. The Morgan fingerprint density at radius 3 is 3.16 bits per heavy atom. The largest absolute Gasteiger partial charge is 0.355 e. The molecule has 1 atom stereocenters. The van der Waals surface area contributed by atoms with Crippen molar-refractivity contribution in [2.45, 2.75) is 31.7 Å². The molecule has 2 rings (SSSR count). The summed E-state index contributed by atoms with van der Waals surface area (Å²) in [6.07, 6.45) is 4.89. The minimum Gasteiger partial charge on any atom is -0.355 e. The van der Waals surface area contributed by atoms with Gasteiger partial charge in [0, 0.05) is 11.4 Å². The maximum absolute atomic E-state index is 11.8. The molecule has 0 radical (unpaired) electrons. The zero-order valence-corrected chi connectivity index (χ0v) is 11.8. The number of nitrogens with zero attached hydrogens (tertiary/aromatic N) is 1. The van der Waals surface area contributed by atoms with Gasteiger partial charge in [-0.25, -0.2) is 0 Å². The second kappa shape index (κ2) is 7.40. The second-order valence-corrected chi connectivity index (χ2v) is 5.88. The van der Waals surface area contributed by atoms with Crippen LogP contribution < -0.4 is 5.32 Å². The molecule has 1 unspecified atom stereocenters. The fourth-order valence-corrected chi connectivity index (χ4v) is 3.10. The Morgan fingerprint density at radius 1 is 1.53 bits per heavy atom. The SMILES string of the molecule is O=CC1CCCCN1CC(=O)NCCc1cccs1. The summed E-state index contributed by atoms with van der Waals surface area (Å²) in [7, 11) is 0. The predicted molar refractivity (Wildman–Crippen MR) is 76.3 cm³/mol. The fraction of sp³-hybridized carbons (Fsp3) is 0.571. The first-order valence-electron chi connectivity index (χ1n) is 6.78. The van der Waals surface area contributed by atoms with Crippen molar-refractivity contribution < 1.29 is 9.59 Å². The van der Waals surface area contributed by atoms with E-state index in [1.165, 1.54) is 4.88 Å². The summed E-state index contributed by atoms with van der Waals surface area (Å²) in [4.78, 5) is 26.0. The van der Waals surface area contributed by atoms with Gasteiger partial charge in [-0.1, -0.05) is 12.5 Å². The smallest absolute Gasteiger partial charge is 0.234 e. The van der Waals surface area contributed by atoms with Gasteiger partial charge in [-0.15, -0.1) is 11.3 Å². The fourth-order valence-electron chi connectivity index (χ4n) is 2.39. The third-order valence-electron chi connectivity index (χ3n) is 3.44. The Bertz CT molecular complexity index is 406. The van der Waals surface area contributed by atoms with E-state index in [2.05, 4.69) is 11.4 Å². The summed E-state index contributed by atoms with van der Waals surface area (Å²) in [5.74, 6) is 0.0188. The van der Waals surface area contributed by atoms with Gasteiger partial charge >= 0.3 is 0 Å². The van der Waals surface area contributed by atoms with Crippen LogP contribution >= 0.6 is 11.3 Å². The summed E-state index contributed by atoms with van der Waals surface area (Å²) in [6, 6.07) is 4.02. The third-order valence-corrected chi connectivity index (χ3v) is 4.38. The van der Waals surface area contributed by atoms with Gasteiger partial charge < -0.3 is 10.1 Å². The number of aldehydes is 1. The molecule has 0 saturated carbocycles. The van der Waals surface area contributed by atoms with Crippen LogP contribution in [0, 0.1) is 0 Å². The quantitative estimate of drug-likeness (QED) is 0.803. The van der Waals surface area contributed by atoms with E-state index in [0.29, 0.717) is 13.1 Å². The van der Waals surface area contributed by atoms with Crippen molar-refractivity contribution in [2.75, 3.05) is 19.6 Å². The number of amides is 1. The van der Waals surface area contributed by atoms with Crippen molar-refractivity contribution in [3.8, 4) is 0 Å². The second-order valence-electron chi connectivity index (χ2n) is 4.85. The number of carbonyl (C=O) groups excluding carboxylic acids is 2. The van der Waals surface area contributed by atoms with Crippen LogP contribution in [-0.4, -0.2) is 42.8 Å². The molecule has 1 aliphatic heterocycles. The van der Waals surface area contributed by atoms with Crippen LogP contribution in [0.3, 0.4) is 0 Å². The first-order valence-corrected chi connectivity index (χ1v) is 7.66. The molecule has 104 valence electrons. The van der Waals surface area contributed by atoms with Crippen LogP contribution in [0.1, 0.15) is 24.1 Å². The minimum absolute atomic E-state index is 0.0188. The molecular formula is C14H20N2O2S. The van der Waals surface area contributed by atoms with Gasteiger partial charge in [-0.3, -0.25) is 9.69 Å². The number of piperidine rings is 1. The molecule has 1 fully saturated rings. The molecule has 0 spiro atoms. The Balaban J connectivity index is 1.69. The first-order chi connectivity index (χ1) is 9.29. The Kier molecular flexibility index (Phi) is 5.54. The number of nitrogens with one attached hydrogen (secondary N) is 1. The van der Waals surface area contributed by atoms with Crippen molar-refractivity contribution in [3.05, 3.63) is 22.4 Å². The van der Waals surface area contributed by atoms with Crippen LogP contribution in [0.2, 0.25) is 0 Å². The summed E-state index contributed by atoms with van der Waals surface area (Å²) < 4.78 is 0. The van der Waals surface area contributed by atoms with Gasteiger partial charge in [0.2, 0.25) is 5.91 Å². The Morgan fingerprint density at radius 2 is 2.42 bits per heavy atom. The average molecular weight is 280 g/mol.